The fraction of sp³-hybridized carbons (Fsp3) is 0.548. The lowest BCUT2D eigenvalue weighted by Crippen LogP contribution is -2.56. The number of nitriles is 1. The van der Waals surface area contributed by atoms with Crippen LogP contribution in [0.4, 0.5) is 29.1 Å². The molecule has 2 aliphatic heterocycles. The number of carbonyl (C=O) groups is 1. The van der Waals surface area contributed by atoms with Gasteiger partial charge < -0.3 is 24.3 Å². The molecule has 0 N–H and O–H groups in total. The molecule has 3 aliphatic rings. The monoisotopic (exact) mass is 649 g/mol. The number of halogens is 5. The van der Waals surface area contributed by atoms with Crippen molar-refractivity contribution in [3.8, 4) is 12.1 Å². The molecular formula is C31H36ClF4N7O2. The Balaban J connectivity index is 1.53. The quantitative estimate of drug-likeness (QED) is 0.270. The Labute approximate surface area is 265 Å². The molecule has 0 spiro atoms. The van der Waals surface area contributed by atoms with E-state index in [1.54, 1.807) is 4.90 Å². The molecule has 1 aromatic carbocycles. The standard InChI is InChI=1S/C31H36ClF4N7O2/c1-19-14-22-25(16-43(19)26-23(31(34,35)36)6-5-7-24(26)32)38-29(45-18-30(9-10-30)17-40(3)4)39-27(22)41-12-13-42(28(44)20(2)33)21(15-41)8-11-37/h5-7,19,21H,2,8-10,12-18H2,1,3-4H3/t19-,21?/m0/s1. The van der Waals surface area contributed by atoms with Crippen LogP contribution in [-0.4, -0.2) is 84.6 Å². The van der Waals surface area contributed by atoms with Gasteiger partial charge in [0.15, 0.2) is 5.83 Å². The van der Waals surface area contributed by atoms with E-state index >= 15 is 0 Å². The van der Waals surface area contributed by atoms with Crippen molar-refractivity contribution in [1.82, 2.24) is 19.8 Å². The van der Waals surface area contributed by atoms with E-state index < -0.39 is 35.6 Å². The van der Waals surface area contributed by atoms with Crippen molar-refractivity contribution in [3.05, 3.63) is 52.4 Å². The van der Waals surface area contributed by atoms with E-state index in [9.17, 15) is 27.6 Å². The van der Waals surface area contributed by atoms with Gasteiger partial charge in [-0.1, -0.05) is 24.2 Å². The molecule has 242 valence electrons. The van der Waals surface area contributed by atoms with Gasteiger partial charge in [0.05, 0.1) is 53.7 Å². The zero-order chi connectivity index (χ0) is 32.7. The Morgan fingerprint density at radius 2 is 2.00 bits per heavy atom. The summed E-state index contributed by atoms with van der Waals surface area (Å²) in [4.78, 5) is 29.0. The smallest absolute Gasteiger partial charge is 0.418 e. The molecule has 1 saturated heterocycles. The van der Waals surface area contributed by atoms with Gasteiger partial charge in [0, 0.05) is 43.2 Å². The van der Waals surface area contributed by atoms with Crippen molar-refractivity contribution in [2.75, 3.05) is 56.7 Å². The van der Waals surface area contributed by atoms with Crippen molar-refractivity contribution in [2.24, 2.45) is 5.41 Å². The highest BCUT2D eigenvalue weighted by Crippen LogP contribution is 2.47. The first-order valence-electron chi connectivity index (χ1n) is 14.8. The molecule has 1 amide bonds. The number of rotatable bonds is 9. The minimum atomic E-state index is -4.62. The molecule has 1 saturated carbocycles. The summed E-state index contributed by atoms with van der Waals surface area (Å²) < 4.78 is 62.3. The summed E-state index contributed by atoms with van der Waals surface area (Å²) in [6, 6.07) is 4.89. The highest BCUT2D eigenvalue weighted by atomic mass is 35.5. The zero-order valence-electron chi connectivity index (χ0n) is 25.5. The minimum Gasteiger partial charge on any atom is -0.463 e. The number of hydrogen-bond donors (Lipinski definition) is 0. The van der Waals surface area contributed by atoms with Crippen LogP contribution in [0.25, 0.3) is 0 Å². The molecule has 1 unspecified atom stereocenters. The number of alkyl halides is 3. The van der Waals surface area contributed by atoms with E-state index in [4.69, 9.17) is 26.3 Å². The van der Waals surface area contributed by atoms with E-state index in [2.05, 4.69) is 17.5 Å². The molecule has 2 fully saturated rings. The molecule has 0 radical (unpaired) electrons. The maximum Gasteiger partial charge on any atom is 0.418 e. The fourth-order valence-electron chi connectivity index (χ4n) is 6.38. The van der Waals surface area contributed by atoms with E-state index in [1.807, 2.05) is 25.9 Å². The van der Waals surface area contributed by atoms with Crippen molar-refractivity contribution in [3.63, 3.8) is 0 Å². The fourth-order valence-corrected chi connectivity index (χ4v) is 6.67. The third-order valence-corrected chi connectivity index (χ3v) is 9.00. The average molecular weight is 650 g/mol. The number of carbonyl (C=O) groups excluding carboxylic acids is 1. The van der Waals surface area contributed by atoms with Crippen molar-refractivity contribution in [2.45, 2.75) is 57.4 Å². The van der Waals surface area contributed by atoms with E-state index in [0.29, 0.717) is 24.5 Å². The average Bonchev–Trinajstić information content (AvgIpc) is 3.73. The Morgan fingerprint density at radius 1 is 1.27 bits per heavy atom. The highest BCUT2D eigenvalue weighted by molar-refractivity contribution is 6.33. The first-order valence-corrected chi connectivity index (χ1v) is 15.2. The summed E-state index contributed by atoms with van der Waals surface area (Å²) in [5.41, 5.74) is 0.284. The number of ether oxygens (including phenoxy) is 1. The molecule has 5 rings (SSSR count). The van der Waals surface area contributed by atoms with Gasteiger partial charge in [-0.15, -0.1) is 0 Å². The van der Waals surface area contributed by atoms with Crippen molar-refractivity contribution < 1.29 is 27.1 Å². The number of benzene rings is 1. The predicted molar refractivity (Wildman–Crippen MR) is 162 cm³/mol. The lowest BCUT2D eigenvalue weighted by molar-refractivity contribution is -0.137. The number of nitrogens with zero attached hydrogens (tertiary/aromatic N) is 7. The van der Waals surface area contributed by atoms with Crippen LogP contribution in [0.1, 0.15) is 43.0 Å². The van der Waals surface area contributed by atoms with E-state index in [1.165, 1.54) is 17.0 Å². The van der Waals surface area contributed by atoms with Gasteiger partial charge in [-0.3, -0.25) is 4.79 Å². The third kappa shape index (κ3) is 6.97. The van der Waals surface area contributed by atoms with Crippen molar-refractivity contribution in [1.29, 1.82) is 5.26 Å². The second-order valence-corrected chi connectivity index (χ2v) is 12.9. The first-order chi connectivity index (χ1) is 21.2. The summed E-state index contributed by atoms with van der Waals surface area (Å²) in [6.07, 6.45) is -2.36. The van der Waals surface area contributed by atoms with Gasteiger partial charge >= 0.3 is 12.2 Å². The first kappa shape index (κ1) is 32.8. The van der Waals surface area contributed by atoms with Gasteiger partial charge in [0.1, 0.15) is 5.82 Å². The van der Waals surface area contributed by atoms with Crippen LogP contribution in [0.2, 0.25) is 5.02 Å². The molecule has 3 heterocycles. The Hall–Kier alpha value is -3.63. The van der Waals surface area contributed by atoms with Crippen LogP contribution in [0.5, 0.6) is 6.01 Å². The summed E-state index contributed by atoms with van der Waals surface area (Å²) in [7, 11) is 3.99. The topological polar surface area (TPSA) is 88.8 Å². The molecule has 0 bridgehead atoms. The lowest BCUT2D eigenvalue weighted by Gasteiger charge is -2.43. The normalized spacial score (nSPS) is 20.9. The Kier molecular flexibility index (Phi) is 9.20. The van der Waals surface area contributed by atoms with Crippen LogP contribution >= 0.6 is 11.6 Å². The SMILES string of the molecule is C=C(F)C(=O)N1CCN(c2nc(OCC3(CN(C)C)CC3)nc3c2C[C@H](C)N(c2c(Cl)cccc2C(F)(F)F)C3)CC1CC#N. The second-order valence-electron chi connectivity index (χ2n) is 12.5. The van der Waals surface area contributed by atoms with E-state index in [-0.39, 0.29) is 54.7 Å². The number of piperazine rings is 1. The molecule has 2 atom stereocenters. The number of aromatic nitrogens is 2. The number of para-hydroxylation sites is 1. The summed E-state index contributed by atoms with van der Waals surface area (Å²) in [5.74, 6) is -1.42. The largest absolute Gasteiger partial charge is 0.463 e. The van der Waals surface area contributed by atoms with Crippen LogP contribution in [0.3, 0.4) is 0 Å². The molecule has 1 aromatic heterocycles. The Bertz CT molecular complexity index is 1510. The number of anilines is 2. The van der Waals surface area contributed by atoms with Gasteiger partial charge in [0.2, 0.25) is 0 Å². The maximum atomic E-state index is 14.1. The highest BCUT2D eigenvalue weighted by Gasteiger charge is 2.45. The molecular weight excluding hydrogens is 614 g/mol. The minimum absolute atomic E-state index is 0.0141. The van der Waals surface area contributed by atoms with Crippen molar-refractivity contribution >= 4 is 29.0 Å². The third-order valence-electron chi connectivity index (χ3n) is 8.70. The molecule has 2 aromatic rings. The molecule has 14 heteroatoms. The number of hydrogen-bond acceptors (Lipinski definition) is 8. The summed E-state index contributed by atoms with van der Waals surface area (Å²) in [5, 5.41) is 9.46. The summed E-state index contributed by atoms with van der Waals surface area (Å²) >= 11 is 6.40. The lowest BCUT2D eigenvalue weighted by atomic mass is 9.96. The molecule has 1 aliphatic carbocycles. The van der Waals surface area contributed by atoms with Crippen LogP contribution in [-0.2, 0) is 23.9 Å². The Morgan fingerprint density at radius 3 is 2.62 bits per heavy atom. The van der Waals surface area contributed by atoms with Gasteiger partial charge in [-0.05, 0) is 52.4 Å². The molecule has 9 nitrogen and oxygen atoms in total. The van der Waals surface area contributed by atoms with E-state index in [0.717, 1.165) is 31.0 Å². The second kappa shape index (κ2) is 12.6. The zero-order valence-corrected chi connectivity index (χ0v) is 26.3. The van der Waals surface area contributed by atoms with Crippen LogP contribution in [0, 0.1) is 16.7 Å². The summed E-state index contributed by atoms with van der Waals surface area (Å²) in [6.45, 7) is 6.79. The van der Waals surface area contributed by atoms with Crippen LogP contribution < -0.4 is 14.5 Å². The predicted octanol–water partition coefficient (Wildman–Crippen LogP) is 5.23. The number of fused-ring (bicyclic) bond motifs is 1. The maximum absolute atomic E-state index is 14.1. The molecule has 45 heavy (non-hydrogen) atoms. The number of amides is 1. The van der Waals surface area contributed by atoms with Crippen LogP contribution in [0.15, 0.2) is 30.6 Å². The van der Waals surface area contributed by atoms with Gasteiger partial charge in [0.25, 0.3) is 5.91 Å². The van der Waals surface area contributed by atoms with Gasteiger partial charge in [-0.25, -0.2) is 4.39 Å². The van der Waals surface area contributed by atoms with Gasteiger partial charge in [-0.2, -0.15) is 28.4 Å².